The first kappa shape index (κ1) is 25.8. The Morgan fingerprint density at radius 2 is 1.26 bits per heavy atom. The largest absolute Gasteiger partial charge is 0.465 e. The molecule has 0 amide bonds. The lowest BCUT2D eigenvalue weighted by Crippen LogP contribution is -2.37. The summed E-state index contributed by atoms with van der Waals surface area (Å²) in [5.74, 6) is -0.770. The number of hydrogen-bond donors (Lipinski definition) is 3. The average molecular weight is 391 g/mol. The van der Waals surface area contributed by atoms with E-state index >= 15 is 0 Å². The third-order valence-corrected chi connectivity index (χ3v) is 4.94. The van der Waals surface area contributed by atoms with Crippen molar-refractivity contribution in [2.24, 2.45) is 5.41 Å². The molecule has 2 atom stereocenters. The Labute approximate surface area is 163 Å². The molecule has 3 N–H and O–H groups in total. The minimum atomic E-state index is -0.808. The van der Waals surface area contributed by atoms with Crippen LogP contribution in [0.2, 0.25) is 0 Å². The van der Waals surface area contributed by atoms with Crippen molar-refractivity contribution in [1.29, 1.82) is 0 Å². The molecule has 160 valence electrons. The fraction of sp³-hybridized carbons (Fsp3) is 0.900. The van der Waals surface area contributed by atoms with Crippen LogP contribution in [0.25, 0.3) is 0 Å². The van der Waals surface area contributed by atoms with Crippen molar-refractivity contribution in [2.75, 3.05) is 19.8 Å². The zero-order valence-corrected chi connectivity index (χ0v) is 17.1. The first-order chi connectivity index (χ1) is 12.8. The molecule has 27 heavy (non-hydrogen) atoms. The number of carbonyl (C=O) groups excluding carboxylic acids is 2. The van der Waals surface area contributed by atoms with Crippen molar-refractivity contribution in [3.05, 3.63) is 0 Å². The molecule has 0 aromatic heterocycles. The van der Waals surface area contributed by atoms with Crippen molar-refractivity contribution in [2.45, 2.75) is 90.8 Å². The molecule has 0 fully saturated rings. The molecule has 2 unspecified atom stereocenters. The Morgan fingerprint density at radius 3 is 1.56 bits per heavy atom. The molecule has 0 saturated heterocycles. The number of hydrogen-bond acceptors (Lipinski definition) is 7. The molecule has 0 aromatic carbocycles. The Kier molecular flexibility index (Phi) is 14.2. The molecule has 0 saturated carbocycles. The van der Waals surface area contributed by atoms with Crippen LogP contribution < -0.4 is 0 Å². The predicted octanol–water partition coefficient (Wildman–Crippen LogP) is 2.34. The Balaban J connectivity index is 4.26. The van der Waals surface area contributed by atoms with E-state index in [2.05, 4.69) is 0 Å². The van der Waals surface area contributed by atoms with Gasteiger partial charge in [-0.3, -0.25) is 9.59 Å². The highest BCUT2D eigenvalue weighted by atomic mass is 16.5. The van der Waals surface area contributed by atoms with E-state index in [1.807, 2.05) is 20.8 Å². The molecule has 7 heteroatoms. The fourth-order valence-electron chi connectivity index (χ4n) is 2.43. The number of aliphatic hydroxyl groups excluding tert-OH is 3. The van der Waals surface area contributed by atoms with E-state index < -0.39 is 17.6 Å². The molecule has 0 spiro atoms. The van der Waals surface area contributed by atoms with Crippen molar-refractivity contribution in [3.8, 4) is 0 Å². The maximum atomic E-state index is 11.8. The lowest BCUT2D eigenvalue weighted by Gasteiger charge is -2.29. The summed E-state index contributed by atoms with van der Waals surface area (Å²) in [5, 5.41) is 28.7. The summed E-state index contributed by atoms with van der Waals surface area (Å²) in [6.07, 6.45) is 3.61. The van der Waals surface area contributed by atoms with Crippen LogP contribution in [-0.2, 0) is 19.1 Å². The van der Waals surface area contributed by atoms with Gasteiger partial charge in [0, 0.05) is 12.8 Å². The summed E-state index contributed by atoms with van der Waals surface area (Å²) in [6, 6.07) is 0. The highest BCUT2D eigenvalue weighted by molar-refractivity contribution is 5.69. The third kappa shape index (κ3) is 12.0. The van der Waals surface area contributed by atoms with E-state index in [1.165, 1.54) is 0 Å². The van der Waals surface area contributed by atoms with Crippen LogP contribution >= 0.6 is 0 Å². The van der Waals surface area contributed by atoms with Crippen LogP contribution in [0.5, 0.6) is 0 Å². The first-order valence-corrected chi connectivity index (χ1v) is 10.1. The molecule has 0 rings (SSSR count). The van der Waals surface area contributed by atoms with Crippen molar-refractivity contribution in [1.82, 2.24) is 0 Å². The molecular weight excluding hydrogens is 352 g/mol. The van der Waals surface area contributed by atoms with E-state index in [4.69, 9.17) is 9.47 Å². The summed E-state index contributed by atoms with van der Waals surface area (Å²) in [4.78, 5) is 23.7. The van der Waals surface area contributed by atoms with E-state index in [1.54, 1.807) is 0 Å². The van der Waals surface area contributed by atoms with Crippen LogP contribution in [0.4, 0.5) is 0 Å². The smallest absolute Gasteiger partial charge is 0.305 e. The third-order valence-electron chi connectivity index (χ3n) is 4.94. The van der Waals surface area contributed by atoms with Gasteiger partial charge in [0.1, 0.15) is 13.2 Å². The molecular formula is C20H38O7. The lowest BCUT2D eigenvalue weighted by molar-refractivity contribution is -0.156. The molecule has 0 aliphatic heterocycles. The number of esters is 2. The molecule has 0 bridgehead atoms. The van der Waals surface area contributed by atoms with Gasteiger partial charge in [0.05, 0.1) is 24.2 Å². The van der Waals surface area contributed by atoms with Gasteiger partial charge >= 0.3 is 11.9 Å². The topological polar surface area (TPSA) is 113 Å². The van der Waals surface area contributed by atoms with Gasteiger partial charge in [-0.05, 0) is 44.9 Å². The van der Waals surface area contributed by atoms with Crippen molar-refractivity contribution < 1.29 is 34.4 Å². The van der Waals surface area contributed by atoms with Crippen LogP contribution in [-0.4, -0.2) is 59.3 Å². The average Bonchev–Trinajstić information content (AvgIpc) is 2.68. The second-order valence-corrected chi connectivity index (χ2v) is 7.24. The Morgan fingerprint density at radius 1 is 0.852 bits per heavy atom. The SMILES string of the molecule is CCC(O)CCCC(=O)OCC(CC)(CO)COC(=O)CCCC(O)CC. The monoisotopic (exact) mass is 390 g/mol. The number of aliphatic hydroxyl groups is 3. The Bertz CT molecular complexity index is 373. The van der Waals surface area contributed by atoms with E-state index in [0.29, 0.717) is 44.9 Å². The zero-order valence-electron chi connectivity index (χ0n) is 17.1. The summed E-state index contributed by atoms with van der Waals surface area (Å²) in [5.41, 5.74) is -0.808. The van der Waals surface area contributed by atoms with E-state index in [0.717, 1.165) is 0 Å². The van der Waals surface area contributed by atoms with Gasteiger partial charge < -0.3 is 24.8 Å². The number of carbonyl (C=O) groups is 2. The van der Waals surface area contributed by atoms with Crippen molar-refractivity contribution in [3.63, 3.8) is 0 Å². The number of rotatable bonds is 16. The molecule has 0 heterocycles. The van der Waals surface area contributed by atoms with Gasteiger partial charge in [-0.25, -0.2) is 0 Å². The highest BCUT2D eigenvalue weighted by Crippen LogP contribution is 2.23. The standard InChI is InChI=1S/C20H38O7/c1-4-16(22)9-7-11-18(24)26-14-20(6-3,13-21)15-27-19(25)12-8-10-17(23)5-2/h16-17,21-23H,4-15H2,1-3H3. The zero-order chi connectivity index (χ0) is 20.7. The quantitative estimate of drug-likeness (QED) is 0.347. The molecule has 0 aliphatic rings. The summed E-state index contributed by atoms with van der Waals surface area (Å²) in [6.45, 7) is 5.31. The van der Waals surface area contributed by atoms with Gasteiger partial charge in [0.15, 0.2) is 0 Å². The second-order valence-electron chi connectivity index (χ2n) is 7.24. The summed E-state index contributed by atoms with van der Waals surface area (Å²) < 4.78 is 10.5. The molecule has 7 nitrogen and oxygen atoms in total. The predicted molar refractivity (Wildman–Crippen MR) is 102 cm³/mol. The van der Waals surface area contributed by atoms with Crippen LogP contribution in [0, 0.1) is 5.41 Å². The van der Waals surface area contributed by atoms with Crippen molar-refractivity contribution >= 4 is 11.9 Å². The molecule has 0 radical (unpaired) electrons. The minimum absolute atomic E-state index is 0.0169. The van der Waals surface area contributed by atoms with Crippen LogP contribution in [0.3, 0.4) is 0 Å². The van der Waals surface area contributed by atoms with E-state index in [-0.39, 0.29) is 44.6 Å². The van der Waals surface area contributed by atoms with Gasteiger partial charge in [-0.2, -0.15) is 0 Å². The Hall–Kier alpha value is -1.18. The molecule has 0 aliphatic carbocycles. The summed E-state index contributed by atoms with van der Waals surface area (Å²) in [7, 11) is 0. The minimum Gasteiger partial charge on any atom is -0.465 e. The van der Waals surface area contributed by atoms with Gasteiger partial charge in [0.2, 0.25) is 0 Å². The lowest BCUT2D eigenvalue weighted by atomic mass is 9.88. The normalized spacial score (nSPS) is 15.6. The first-order valence-electron chi connectivity index (χ1n) is 10.1. The molecule has 0 aromatic rings. The van der Waals surface area contributed by atoms with Gasteiger partial charge in [0.25, 0.3) is 0 Å². The maximum Gasteiger partial charge on any atom is 0.305 e. The second kappa shape index (κ2) is 14.8. The number of ether oxygens (including phenoxy) is 2. The summed E-state index contributed by atoms with van der Waals surface area (Å²) >= 11 is 0. The van der Waals surface area contributed by atoms with Gasteiger partial charge in [-0.1, -0.05) is 20.8 Å². The van der Waals surface area contributed by atoms with Crippen LogP contribution in [0.1, 0.15) is 78.6 Å². The van der Waals surface area contributed by atoms with E-state index in [9.17, 15) is 24.9 Å². The maximum absolute atomic E-state index is 11.8. The van der Waals surface area contributed by atoms with Gasteiger partial charge in [-0.15, -0.1) is 0 Å². The highest BCUT2D eigenvalue weighted by Gasteiger charge is 2.31. The van der Waals surface area contributed by atoms with Crippen LogP contribution in [0.15, 0.2) is 0 Å². The fourth-order valence-corrected chi connectivity index (χ4v) is 2.43.